The van der Waals surface area contributed by atoms with Crippen LogP contribution in [0, 0.1) is 0 Å². The first-order chi connectivity index (χ1) is 14.0. The summed E-state index contributed by atoms with van der Waals surface area (Å²) in [5.41, 5.74) is -0.319. The van der Waals surface area contributed by atoms with Gasteiger partial charge in [-0.25, -0.2) is 14.5 Å². The van der Waals surface area contributed by atoms with Gasteiger partial charge in [0.25, 0.3) is 5.91 Å². The van der Waals surface area contributed by atoms with Gasteiger partial charge in [0, 0.05) is 19.5 Å². The number of ether oxygens (including phenoxy) is 2. The summed E-state index contributed by atoms with van der Waals surface area (Å²) in [5, 5.41) is 0. The summed E-state index contributed by atoms with van der Waals surface area (Å²) in [7, 11) is 0. The number of β-lactam (4-membered cyclic amide) rings is 1. The lowest BCUT2D eigenvalue weighted by atomic mass is 10.2. The number of allylic oxidation sites excluding steroid dienone is 2. The maximum atomic E-state index is 12.3. The zero-order valence-electron chi connectivity index (χ0n) is 20.2. The van der Waals surface area contributed by atoms with E-state index in [9.17, 15) is 19.2 Å². The number of unbranched alkanes of at least 4 members (excludes halogenated alkanes) is 1. The maximum Gasteiger partial charge on any atom is 0.419 e. The molecule has 0 aromatic rings. The van der Waals surface area contributed by atoms with Crippen LogP contribution in [0.25, 0.3) is 0 Å². The Bertz CT molecular complexity index is 666. The Balaban J connectivity index is 0.00000206. The highest BCUT2D eigenvalue weighted by Gasteiger charge is 2.31. The van der Waals surface area contributed by atoms with E-state index in [2.05, 4.69) is 6.58 Å². The lowest BCUT2D eigenvalue weighted by molar-refractivity contribution is -0.149. The Kier molecular flexibility index (Phi) is 11.2. The van der Waals surface area contributed by atoms with E-state index < -0.39 is 23.4 Å². The molecule has 8 nitrogen and oxygen atoms in total. The largest absolute Gasteiger partial charge is 0.443 e. The van der Waals surface area contributed by atoms with Crippen LogP contribution in [-0.2, 0) is 19.1 Å². The monoisotopic (exact) mass is 438 g/mol. The molecule has 1 saturated heterocycles. The van der Waals surface area contributed by atoms with Crippen LogP contribution in [0.5, 0.6) is 0 Å². The fourth-order valence-electron chi connectivity index (χ4n) is 2.08. The SMILES string of the molecule is C=C(C)C.CC(C)(C)OC(=O)N(CCC/C=C/C(=O)N1CCC1=O)C(=O)OC(C)(C)C. The average molecular weight is 439 g/mol. The summed E-state index contributed by atoms with van der Waals surface area (Å²) in [4.78, 5) is 49.6. The standard InChI is InChI=1S/C19H30N2O6.C4H8/c1-18(2,3)26-16(24)21(17(25)27-19(4,5)6)12-9-7-8-10-14(22)20-13-11-15(20)23;1-4(2)3/h8,10H,7,9,11-13H2,1-6H3;1H2,2-3H3/b10-8+;. The predicted octanol–water partition coefficient (Wildman–Crippen LogP) is 4.84. The van der Waals surface area contributed by atoms with Crippen molar-refractivity contribution >= 4 is 24.0 Å². The molecular weight excluding hydrogens is 400 g/mol. The van der Waals surface area contributed by atoms with Gasteiger partial charge < -0.3 is 9.47 Å². The van der Waals surface area contributed by atoms with Gasteiger partial charge in [-0.15, -0.1) is 6.58 Å². The summed E-state index contributed by atoms with van der Waals surface area (Å²) in [5.74, 6) is -0.520. The van der Waals surface area contributed by atoms with Gasteiger partial charge in [-0.05, 0) is 74.3 Å². The lowest BCUT2D eigenvalue weighted by Crippen LogP contribution is -2.46. The molecule has 0 radical (unpaired) electrons. The fraction of sp³-hybridized carbons (Fsp3) is 0.652. The van der Waals surface area contributed by atoms with E-state index in [0.717, 1.165) is 4.90 Å². The number of rotatable bonds is 5. The second kappa shape index (κ2) is 12.3. The normalized spacial score (nSPS) is 13.7. The first kappa shape index (κ1) is 28.4. The number of nitrogens with zero attached hydrogens (tertiary/aromatic N) is 2. The first-order valence-electron chi connectivity index (χ1n) is 10.4. The van der Waals surface area contributed by atoms with Crippen molar-refractivity contribution in [3.8, 4) is 0 Å². The third-order valence-electron chi connectivity index (χ3n) is 3.36. The lowest BCUT2D eigenvalue weighted by Gasteiger charge is -2.28. The van der Waals surface area contributed by atoms with Crippen LogP contribution >= 0.6 is 0 Å². The van der Waals surface area contributed by atoms with Crippen molar-refractivity contribution in [1.82, 2.24) is 9.80 Å². The van der Waals surface area contributed by atoms with Crippen LogP contribution in [0.1, 0.15) is 74.7 Å². The highest BCUT2D eigenvalue weighted by molar-refractivity contribution is 6.04. The quantitative estimate of drug-likeness (QED) is 0.264. The molecule has 1 fully saturated rings. The molecule has 0 aromatic carbocycles. The van der Waals surface area contributed by atoms with Crippen molar-refractivity contribution in [1.29, 1.82) is 0 Å². The molecule has 1 rings (SSSR count). The average Bonchev–Trinajstić information content (AvgIpc) is 2.52. The molecule has 0 unspecified atom stereocenters. The zero-order chi connectivity index (χ0) is 24.4. The molecule has 0 atom stereocenters. The Morgan fingerprint density at radius 1 is 1.03 bits per heavy atom. The number of hydrogen-bond acceptors (Lipinski definition) is 6. The van der Waals surface area contributed by atoms with Crippen LogP contribution in [-0.4, -0.2) is 58.1 Å². The van der Waals surface area contributed by atoms with Gasteiger partial charge in [0.15, 0.2) is 0 Å². The van der Waals surface area contributed by atoms with E-state index in [-0.39, 0.29) is 18.4 Å². The summed E-state index contributed by atoms with van der Waals surface area (Å²) in [6, 6.07) is 0. The van der Waals surface area contributed by atoms with E-state index in [1.54, 1.807) is 47.6 Å². The first-order valence-corrected chi connectivity index (χ1v) is 10.4. The van der Waals surface area contributed by atoms with Crippen LogP contribution < -0.4 is 0 Å². The van der Waals surface area contributed by atoms with Gasteiger partial charge >= 0.3 is 12.2 Å². The molecule has 1 aliphatic rings. The molecule has 31 heavy (non-hydrogen) atoms. The van der Waals surface area contributed by atoms with Crippen LogP contribution in [0.15, 0.2) is 24.3 Å². The summed E-state index contributed by atoms with van der Waals surface area (Å²) >= 11 is 0. The van der Waals surface area contributed by atoms with Gasteiger partial charge in [-0.3, -0.25) is 14.5 Å². The zero-order valence-corrected chi connectivity index (χ0v) is 20.2. The summed E-state index contributed by atoms with van der Waals surface area (Å²) in [6.07, 6.45) is 2.69. The molecule has 0 N–H and O–H groups in total. The number of carbonyl (C=O) groups excluding carboxylic acids is 4. The van der Waals surface area contributed by atoms with Gasteiger partial charge in [-0.1, -0.05) is 11.6 Å². The van der Waals surface area contributed by atoms with Gasteiger partial charge in [0.05, 0.1) is 0 Å². The van der Waals surface area contributed by atoms with Crippen molar-refractivity contribution in [2.75, 3.05) is 13.1 Å². The summed E-state index contributed by atoms with van der Waals surface area (Å²) < 4.78 is 10.5. The minimum absolute atomic E-state index is 0.0883. The third-order valence-corrected chi connectivity index (χ3v) is 3.36. The molecule has 176 valence electrons. The minimum Gasteiger partial charge on any atom is -0.443 e. The molecular formula is C23H38N2O6. The molecule has 0 aliphatic carbocycles. The van der Waals surface area contributed by atoms with Crippen molar-refractivity contribution in [2.24, 2.45) is 0 Å². The van der Waals surface area contributed by atoms with E-state index in [1.807, 2.05) is 13.8 Å². The van der Waals surface area contributed by atoms with Crippen molar-refractivity contribution in [3.63, 3.8) is 0 Å². The Morgan fingerprint density at radius 2 is 1.48 bits per heavy atom. The molecule has 0 bridgehead atoms. The van der Waals surface area contributed by atoms with E-state index in [0.29, 0.717) is 25.8 Å². The molecule has 0 saturated carbocycles. The van der Waals surface area contributed by atoms with Crippen molar-refractivity contribution in [3.05, 3.63) is 24.3 Å². The molecule has 8 heteroatoms. The smallest absolute Gasteiger partial charge is 0.419 e. The number of likely N-dealkylation sites (tertiary alicyclic amines) is 1. The highest BCUT2D eigenvalue weighted by atomic mass is 16.6. The van der Waals surface area contributed by atoms with Crippen molar-refractivity contribution in [2.45, 2.75) is 85.9 Å². The highest BCUT2D eigenvalue weighted by Crippen LogP contribution is 2.15. The topological polar surface area (TPSA) is 93.2 Å². The fourth-order valence-corrected chi connectivity index (χ4v) is 2.08. The summed E-state index contributed by atoms with van der Waals surface area (Å²) in [6.45, 7) is 18.3. The minimum atomic E-state index is -0.775. The second-order valence-electron chi connectivity index (χ2n) is 9.50. The van der Waals surface area contributed by atoms with Crippen LogP contribution in [0.2, 0.25) is 0 Å². The molecule has 4 amide bonds. The van der Waals surface area contributed by atoms with E-state index in [4.69, 9.17) is 9.47 Å². The van der Waals surface area contributed by atoms with Crippen LogP contribution in [0.3, 0.4) is 0 Å². The molecule has 1 heterocycles. The second-order valence-corrected chi connectivity index (χ2v) is 9.50. The van der Waals surface area contributed by atoms with E-state index >= 15 is 0 Å². The predicted molar refractivity (Wildman–Crippen MR) is 119 cm³/mol. The van der Waals surface area contributed by atoms with Crippen LogP contribution in [0.4, 0.5) is 9.59 Å². The number of imide groups is 2. The maximum absolute atomic E-state index is 12.3. The number of hydrogen-bond donors (Lipinski definition) is 0. The van der Waals surface area contributed by atoms with E-state index in [1.165, 1.54) is 16.5 Å². The van der Waals surface area contributed by atoms with Gasteiger partial charge in [0.1, 0.15) is 11.2 Å². The third kappa shape index (κ3) is 13.3. The molecule has 1 aliphatic heterocycles. The Morgan fingerprint density at radius 3 is 1.81 bits per heavy atom. The van der Waals surface area contributed by atoms with Gasteiger partial charge in [-0.2, -0.15) is 0 Å². The number of carbonyl (C=O) groups is 4. The Labute approximate surface area is 186 Å². The molecule has 0 aromatic heterocycles. The van der Waals surface area contributed by atoms with Crippen molar-refractivity contribution < 1.29 is 28.7 Å². The Hall–Kier alpha value is -2.64. The number of amides is 4. The van der Waals surface area contributed by atoms with Gasteiger partial charge in [0.2, 0.25) is 5.91 Å². The molecule has 0 spiro atoms.